The monoisotopic (exact) mass is 357 g/mol. The van der Waals surface area contributed by atoms with Gasteiger partial charge in [0.25, 0.3) is 0 Å². The number of hydrogen-bond donors (Lipinski definition) is 2. The van der Waals surface area contributed by atoms with Gasteiger partial charge in [-0.3, -0.25) is 4.90 Å². The zero-order valence-electron chi connectivity index (χ0n) is 15.6. The van der Waals surface area contributed by atoms with Crippen LogP contribution in [0.25, 0.3) is 0 Å². The predicted molar refractivity (Wildman–Crippen MR) is 104 cm³/mol. The molecule has 0 aliphatic carbocycles. The van der Waals surface area contributed by atoms with E-state index in [0.29, 0.717) is 0 Å². The summed E-state index contributed by atoms with van der Waals surface area (Å²) in [6.45, 7) is 9.89. The highest BCUT2D eigenvalue weighted by molar-refractivity contribution is 5.22. The summed E-state index contributed by atoms with van der Waals surface area (Å²) in [4.78, 5) is 6.51. The van der Waals surface area contributed by atoms with Crippen molar-refractivity contribution in [1.82, 2.24) is 25.1 Å². The number of aromatic nitrogens is 2. The van der Waals surface area contributed by atoms with E-state index in [1.54, 1.807) is 0 Å². The third-order valence-electron chi connectivity index (χ3n) is 4.72. The van der Waals surface area contributed by atoms with E-state index in [4.69, 9.17) is 4.74 Å². The fraction of sp³-hybridized carbons (Fsp3) is 0.550. The van der Waals surface area contributed by atoms with Crippen molar-refractivity contribution in [2.24, 2.45) is 0 Å². The molecule has 6 nitrogen and oxygen atoms in total. The van der Waals surface area contributed by atoms with Gasteiger partial charge in [0.15, 0.2) is 0 Å². The Labute approximate surface area is 156 Å². The molecule has 0 atom stereocenters. The van der Waals surface area contributed by atoms with Crippen molar-refractivity contribution in [2.45, 2.75) is 26.1 Å². The van der Waals surface area contributed by atoms with Crippen molar-refractivity contribution in [1.29, 1.82) is 0 Å². The number of rotatable bonds is 11. The third-order valence-corrected chi connectivity index (χ3v) is 4.72. The molecule has 0 amide bonds. The van der Waals surface area contributed by atoms with E-state index >= 15 is 0 Å². The number of aryl methyl sites for hydroxylation is 1. The number of ether oxygens (including phenoxy) is 1. The number of imidazole rings is 1. The second-order valence-corrected chi connectivity index (χ2v) is 6.78. The number of morpholine rings is 1. The van der Waals surface area contributed by atoms with E-state index in [2.05, 4.69) is 49.4 Å². The Morgan fingerprint density at radius 3 is 2.27 bits per heavy atom. The van der Waals surface area contributed by atoms with Crippen LogP contribution in [0.3, 0.4) is 0 Å². The van der Waals surface area contributed by atoms with Crippen molar-refractivity contribution in [2.75, 3.05) is 45.9 Å². The van der Waals surface area contributed by atoms with Crippen LogP contribution in [0.4, 0.5) is 0 Å². The number of nitrogens with one attached hydrogen (secondary N) is 2. The number of benzene rings is 1. The first-order chi connectivity index (χ1) is 12.9. The molecule has 142 valence electrons. The predicted octanol–water partition coefficient (Wildman–Crippen LogP) is 1.48. The standard InChI is InChI=1S/C20H31N5O/c1(9-25-11-8-23-18-25)6-21-16-19-2-4-20(5-3-19)17-22-7-10-24-12-14-26-15-13-24/h2-5,8,11,18,21-22H,1,6-7,9-10,12-17H2. The summed E-state index contributed by atoms with van der Waals surface area (Å²) in [5.41, 5.74) is 2.68. The fourth-order valence-electron chi connectivity index (χ4n) is 3.11. The molecule has 2 N–H and O–H groups in total. The minimum atomic E-state index is 0.874. The summed E-state index contributed by atoms with van der Waals surface area (Å²) in [7, 11) is 0. The zero-order chi connectivity index (χ0) is 17.9. The summed E-state index contributed by atoms with van der Waals surface area (Å²) in [6.07, 6.45) is 6.81. The van der Waals surface area contributed by atoms with Crippen LogP contribution in [0.5, 0.6) is 0 Å². The summed E-state index contributed by atoms with van der Waals surface area (Å²) >= 11 is 0. The Bertz CT molecular complexity index is 593. The lowest BCUT2D eigenvalue weighted by molar-refractivity contribution is 0.0384. The van der Waals surface area contributed by atoms with Gasteiger partial charge in [-0.2, -0.15) is 0 Å². The topological polar surface area (TPSA) is 54.4 Å². The molecule has 0 spiro atoms. The van der Waals surface area contributed by atoms with Gasteiger partial charge in [0.1, 0.15) is 0 Å². The van der Waals surface area contributed by atoms with Crippen LogP contribution in [0.1, 0.15) is 17.5 Å². The molecule has 3 rings (SSSR count). The van der Waals surface area contributed by atoms with Crippen molar-refractivity contribution in [3.8, 4) is 0 Å². The molecule has 2 heterocycles. The molecule has 26 heavy (non-hydrogen) atoms. The van der Waals surface area contributed by atoms with Crippen LogP contribution < -0.4 is 10.6 Å². The van der Waals surface area contributed by atoms with Crippen LogP contribution in [0.15, 0.2) is 43.0 Å². The molecule has 2 aromatic rings. The largest absolute Gasteiger partial charge is 0.379 e. The van der Waals surface area contributed by atoms with E-state index in [1.165, 1.54) is 11.1 Å². The van der Waals surface area contributed by atoms with Crippen molar-refractivity contribution in [3.63, 3.8) is 0 Å². The average molecular weight is 358 g/mol. The molecule has 0 saturated carbocycles. The van der Waals surface area contributed by atoms with Gasteiger partial charge in [-0.25, -0.2) is 4.98 Å². The molecule has 1 aromatic heterocycles. The molecule has 1 saturated heterocycles. The minimum Gasteiger partial charge on any atom is -0.379 e. The average Bonchev–Trinajstić information content (AvgIpc) is 3.20. The van der Waals surface area contributed by atoms with Crippen molar-refractivity contribution >= 4 is 0 Å². The maximum Gasteiger partial charge on any atom is 0.0945 e. The number of nitrogens with zero attached hydrogens (tertiary/aromatic N) is 3. The first kappa shape index (κ1) is 19.0. The minimum absolute atomic E-state index is 0.874. The quantitative estimate of drug-likeness (QED) is 0.597. The Hall–Kier alpha value is -1.73. The summed E-state index contributed by atoms with van der Waals surface area (Å²) in [5, 5.41) is 7.04. The molecule has 1 fully saturated rings. The highest BCUT2D eigenvalue weighted by Gasteiger charge is 2.08. The van der Waals surface area contributed by atoms with Gasteiger partial charge in [-0.1, -0.05) is 24.3 Å². The highest BCUT2D eigenvalue weighted by atomic mass is 16.5. The van der Waals surface area contributed by atoms with Gasteiger partial charge in [0, 0.05) is 58.2 Å². The van der Waals surface area contributed by atoms with Crippen molar-refractivity contribution in [3.05, 3.63) is 54.1 Å². The van der Waals surface area contributed by atoms with E-state index in [0.717, 1.165) is 72.0 Å². The second-order valence-electron chi connectivity index (χ2n) is 6.78. The van der Waals surface area contributed by atoms with Crippen LogP contribution in [0, 0.1) is 0 Å². The van der Waals surface area contributed by atoms with E-state index < -0.39 is 0 Å². The van der Waals surface area contributed by atoms with E-state index in [-0.39, 0.29) is 0 Å². The maximum atomic E-state index is 5.37. The Balaban J connectivity index is 1.24. The number of hydrogen-bond acceptors (Lipinski definition) is 5. The normalized spacial score (nSPS) is 15.4. The van der Waals surface area contributed by atoms with E-state index in [9.17, 15) is 0 Å². The molecule has 1 aliphatic rings. The Morgan fingerprint density at radius 2 is 1.62 bits per heavy atom. The molecule has 0 radical (unpaired) electrons. The zero-order valence-corrected chi connectivity index (χ0v) is 15.6. The molecular formula is C20H31N5O. The SMILES string of the molecule is c1cn(CCCNCc2ccc(CNCCN3CCOCC3)cc2)cn1. The fourth-order valence-corrected chi connectivity index (χ4v) is 3.11. The van der Waals surface area contributed by atoms with Gasteiger partial charge in [0.2, 0.25) is 0 Å². The molecular weight excluding hydrogens is 326 g/mol. The highest BCUT2D eigenvalue weighted by Crippen LogP contribution is 2.04. The molecule has 1 aliphatic heterocycles. The summed E-state index contributed by atoms with van der Waals surface area (Å²) in [6, 6.07) is 8.90. The van der Waals surface area contributed by atoms with E-state index in [1.807, 2.05) is 18.7 Å². The van der Waals surface area contributed by atoms with Gasteiger partial charge in [-0.15, -0.1) is 0 Å². The van der Waals surface area contributed by atoms with Gasteiger partial charge in [-0.05, 0) is 24.1 Å². The Kier molecular flexibility index (Phi) is 8.12. The summed E-state index contributed by atoms with van der Waals surface area (Å²) < 4.78 is 7.49. The van der Waals surface area contributed by atoms with Gasteiger partial charge in [0.05, 0.1) is 19.5 Å². The molecule has 0 unspecified atom stereocenters. The second kappa shape index (κ2) is 11.1. The first-order valence-corrected chi connectivity index (χ1v) is 9.65. The maximum absolute atomic E-state index is 5.37. The molecule has 6 heteroatoms. The smallest absolute Gasteiger partial charge is 0.0945 e. The van der Waals surface area contributed by atoms with Crippen LogP contribution >= 0.6 is 0 Å². The van der Waals surface area contributed by atoms with Gasteiger partial charge >= 0.3 is 0 Å². The lowest BCUT2D eigenvalue weighted by Gasteiger charge is -2.26. The molecule has 0 bridgehead atoms. The van der Waals surface area contributed by atoms with Gasteiger partial charge < -0.3 is 19.9 Å². The summed E-state index contributed by atoms with van der Waals surface area (Å²) in [5.74, 6) is 0. The lowest BCUT2D eigenvalue weighted by Crippen LogP contribution is -2.40. The lowest BCUT2D eigenvalue weighted by atomic mass is 10.1. The molecule has 1 aromatic carbocycles. The first-order valence-electron chi connectivity index (χ1n) is 9.65. The van der Waals surface area contributed by atoms with Crippen molar-refractivity contribution < 1.29 is 4.74 Å². The van der Waals surface area contributed by atoms with Crippen LogP contribution in [-0.4, -0.2) is 60.4 Å². The van der Waals surface area contributed by atoms with Crippen LogP contribution in [0.2, 0.25) is 0 Å². The van der Waals surface area contributed by atoms with Crippen LogP contribution in [-0.2, 0) is 24.4 Å². The third kappa shape index (κ3) is 6.88. The Morgan fingerprint density at radius 1 is 0.923 bits per heavy atom.